The van der Waals surface area contributed by atoms with E-state index in [2.05, 4.69) is 6.58 Å². The normalized spacial score (nSPS) is 33.9. The second-order valence-corrected chi connectivity index (χ2v) is 6.91. The number of carbonyl (C=O) groups excluding carboxylic acids is 1. The lowest BCUT2D eigenvalue weighted by Gasteiger charge is -2.16. The molecule has 17 heavy (non-hydrogen) atoms. The van der Waals surface area contributed by atoms with E-state index in [-0.39, 0.29) is 18.8 Å². The molecule has 0 aliphatic heterocycles. The predicted molar refractivity (Wildman–Crippen MR) is 60.2 cm³/mol. The van der Waals surface area contributed by atoms with E-state index in [1.165, 1.54) is 6.08 Å². The highest BCUT2D eigenvalue weighted by molar-refractivity contribution is 7.91. The molecule has 1 amide bonds. The number of alkyl halides is 1. The molecule has 2 unspecified atom stereocenters. The Morgan fingerprint density at radius 3 is 2.53 bits per heavy atom. The van der Waals surface area contributed by atoms with Crippen LogP contribution in [-0.2, 0) is 14.8 Å². The molecule has 7 heteroatoms. The molecular formula is C10H15FN2O3S. The lowest BCUT2D eigenvalue weighted by molar-refractivity contribution is -0.121. The van der Waals surface area contributed by atoms with Crippen molar-refractivity contribution in [2.24, 2.45) is 11.7 Å². The lowest BCUT2D eigenvalue weighted by Crippen LogP contribution is -2.50. The van der Waals surface area contributed by atoms with Gasteiger partial charge in [0.1, 0.15) is 17.0 Å². The molecule has 2 saturated carbocycles. The van der Waals surface area contributed by atoms with Crippen molar-refractivity contribution in [3.8, 4) is 0 Å². The first-order valence-electron chi connectivity index (χ1n) is 5.35. The summed E-state index contributed by atoms with van der Waals surface area (Å²) in [4.78, 5) is 11.7. The minimum absolute atomic E-state index is 0.210. The van der Waals surface area contributed by atoms with Crippen LogP contribution in [0, 0.1) is 5.92 Å². The predicted octanol–water partition coefficient (Wildman–Crippen LogP) is -0.162. The first-order valence-corrected chi connectivity index (χ1v) is 6.84. The van der Waals surface area contributed by atoms with Crippen molar-refractivity contribution in [1.29, 1.82) is 0 Å². The SMILES string of the molecule is C=CC1CC1(N)C(=O)NS(=O)(=O)C1(CF)CC1. The number of nitrogens with one attached hydrogen (secondary N) is 1. The molecule has 2 rings (SSSR count). The van der Waals surface area contributed by atoms with Gasteiger partial charge >= 0.3 is 0 Å². The number of rotatable bonds is 5. The van der Waals surface area contributed by atoms with Crippen molar-refractivity contribution < 1.29 is 17.6 Å². The monoisotopic (exact) mass is 262 g/mol. The zero-order valence-corrected chi connectivity index (χ0v) is 10.1. The number of sulfonamides is 1. The Kier molecular flexibility index (Phi) is 2.59. The summed E-state index contributed by atoms with van der Waals surface area (Å²) in [5.41, 5.74) is 4.52. The lowest BCUT2D eigenvalue weighted by atomic mass is 10.2. The Morgan fingerprint density at radius 2 is 2.18 bits per heavy atom. The van der Waals surface area contributed by atoms with Crippen LogP contribution in [-0.4, -0.2) is 31.3 Å². The van der Waals surface area contributed by atoms with Crippen molar-refractivity contribution >= 4 is 15.9 Å². The summed E-state index contributed by atoms with van der Waals surface area (Å²) in [6.45, 7) is 2.53. The van der Waals surface area contributed by atoms with Crippen molar-refractivity contribution in [3.05, 3.63) is 12.7 Å². The van der Waals surface area contributed by atoms with Crippen LogP contribution in [0.15, 0.2) is 12.7 Å². The molecule has 2 fully saturated rings. The highest BCUT2D eigenvalue weighted by Gasteiger charge is 2.60. The fourth-order valence-electron chi connectivity index (χ4n) is 1.80. The van der Waals surface area contributed by atoms with Gasteiger partial charge in [-0.15, -0.1) is 6.58 Å². The molecule has 0 aromatic carbocycles. The number of amides is 1. The van der Waals surface area contributed by atoms with Gasteiger partial charge in [-0.2, -0.15) is 0 Å². The van der Waals surface area contributed by atoms with Crippen LogP contribution in [0.3, 0.4) is 0 Å². The molecular weight excluding hydrogens is 247 g/mol. The Labute approximate surface area is 99.3 Å². The summed E-state index contributed by atoms with van der Waals surface area (Å²) < 4.78 is 36.7. The van der Waals surface area contributed by atoms with E-state index in [4.69, 9.17) is 5.73 Å². The van der Waals surface area contributed by atoms with Gasteiger partial charge in [-0.05, 0) is 19.3 Å². The van der Waals surface area contributed by atoms with E-state index >= 15 is 0 Å². The van der Waals surface area contributed by atoms with Crippen molar-refractivity contribution in [2.45, 2.75) is 29.5 Å². The summed E-state index contributed by atoms with van der Waals surface area (Å²) in [6.07, 6.45) is 2.39. The molecule has 0 heterocycles. The van der Waals surface area contributed by atoms with Gasteiger partial charge in [-0.3, -0.25) is 9.52 Å². The molecule has 0 bridgehead atoms. The van der Waals surface area contributed by atoms with Crippen LogP contribution in [0.25, 0.3) is 0 Å². The quantitative estimate of drug-likeness (QED) is 0.674. The Balaban J connectivity index is 2.08. The first-order chi connectivity index (χ1) is 7.81. The topological polar surface area (TPSA) is 89.3 Å². The zero-order valence-electron chi connectivity index (χ0n) is 9.28. The standard InChI is InChI=1S/C10H15FN2O3S/c1-2-7-5-10(7,12)8(14)13-17(15,16)9(6-11)3-4-9/h2,7H,1,3-6,12H2,(H,13,14). The minimum Gasteiger partial charge on any atom is -0.317 e. The summed E-state index contributed by atoms with van der Waals surface area (Å²) in [7, 11) is -3.96. The van der Waals surface area contributed by atoms with Crippen LogP contribution in [0.2, 0.25) is 0 Å². The highest BCUT2D eigenvalue weighted by Crippen LogP contribution is 2.45. The third-order valence-corrected chi connectivity index (χ3v) is 5.73. The van der Waals surface area contributed by atoms with Gasteiger partial charge in [0.15, 0.2) is 0 Å². The van der Waals surface area contributed by atoms with E-state index in [1.54, 1.807) is 0 Å². The van der Waals surface area contributed by atoms with Gasteiger partial charge in [0.25, 0.3) is 5.91 Å². The van der Waals surface area contributed by atoms with Gasteiger partial charge in [0, 0.05) is 5.92 Å². The average molecular weight is 262 g/mol. The largest absolute Gasteiger partial charge is 0.317 e. The highest BCUT2D eigenvalue weighted by atomic mass is 32.2. The maximum absolute atomic E-state index is 12.7. The molecule has 2 atom stereocenters. The number of halogens is 1. The molecule has 0 aromatic rings. The molecule has 0 spiro atoms. The van der Waals surface area contributed by atoms with E-state index in [1.807, 2.05) is 4.72 Å². The summed E-state index contributed by atoms with van der Waals surface area (Å²) >= 11 is 0. The van der Waals surface area contributed by atoms with E-state index in [9.17, 15) is 17.6 Å². The minimum atomic E-state index is -3.96. The van der Waals surface area contributed by atoms with Crippen molar-refractivity contribution in [1.82, 2.24) is 4.72 Å². The molecule has 2 aliphatic carbocycles. The van der Waals surface area contributed by atoms with Crippen molar-refractivity contribution in [3.63, 3.8) is 0 Å². The van der Waals surface area contributed by atoms with Crippen LogP contribution in [0.1, 0.15) is 19.3 Å². The smallest absolute Gasteiger partial charge is 0.254 e. The van der Waals surface area contributed by atoms with Gasteiger partial charge in [0.05, 0.1) is 0 Å². The van der Waals surface area contributed by atoms with E-state index in [0.29, 0.717) is 6.42 Å². The summed E-state index contributed by atoms with van der Waals surface area (Å²) in [6, 6.07) is 0. The molecule has 0 aromatic heterocycles. The summed E-state index contributed by atoms with van der Waals surface area (Å²) in [5.74, 6) is -0.972. The van der Waals surface area contributed by atoms with E-state index < -0.39 is 32.9 Å². The molecule has 2 aliphatic rings. The average Bonchev–Trinajstić information content (AvgIpc) is 3.11. The maximum atomic E-state index is 12.7. The zero-order chi connectivity index (χ0) is 12.9. The second kappa shape index (κ2) is 3.52. The Bertz CT molecular complexity index is 472. The number of carbonyl (C=O) groups is 1. The second-order valence-electron chi connectivity index (χ2n) is 4.84. The van der Waals surface area contributed by atoms with Crippen LogP contribution in [0.5, 0.6) is 0 Å². The van der Waals surface area contributed by atoms with Gasteiger partial charge < -0.3 is 5.73 Å². The third-order valence-electron chi connectivity index (χ3n) is 3.61. The van der Waals surface area contributed by atoms with Crippen LogP contribution in [0.4, 0.5) is 4.39 Å². The number of hydrogen-bond acceptors (Lipinski definition) is 4. The number of hydrogen-bond donors (Lipinski definition) is 2. The molecule has 96 valence electrons. The van der Waals surface area contributed by atoms with Crippen LogP contribution >= 0.6 is 0 Å². The fraction of sp³-hybridized carbons (Fsp3) is 0.700. The Hall–Kier alpha value is -0.950. The summed E-state index contributed by atoms with van der Waals surface area (Å²) in [5, 5.41) is 0. The van der Waals surface area contributed by atoms with Crippen molar-refractivity contribution in [2.75, 3.05) is 6.67 Å². The van der Waals surface area contributed by atoms with Gasteiger partial charge in [0.2, 0.25) is 10.0 Å². The maximum Gasteiger partial charge on any atom is 0.254 e. The molecule has 0 radical (unpaired) electrons. The fourth-order valence-corrected chi connectivity index (χ4v) is 3.23. The van der Waals surface area contributed by atoms with Gasteiger partial charge in [-0.1, -0.05) is 6.08 Å². The molecule has 5 nitrogen and oxygen atoms in total. The third kappa shape index (κ3) is 1.77. The number of nitrogens with two attached hydrogens (primary N) is 1. The Morgan fingerprint density at radius 1 is 1.59 bits per heavy atom. The first kappa shape index (κ1) is 12.5. The van der Waals surface area contributed by atoms with Gasteiger partial charge in [-0.25, -0.2) is 12.8 Å². The van der Waals surface area contributed by atoms with Crippen LogP contribution < -0.4 is 10.5 Å². The van der Waals surface area contributed by atoms with E-state index in [0.717, 1.165) is 0 Å². The molecule has 3 N–H and O–H groups in total. The molecule has 0 saturated heterocycles.